The average Bonchev–Trinajstić information content (AvgIpc) is 3.07. The number of halogens is 1. The Morgan fingerprint density at radius 3 is 2.48 bits per heavy atom. The highest BCUT2D eigenvalue weighted by molar-refractivity contribution is 7.82. The van der Waals surface area contributed by atoms with E-state index in [0.29, 0.717) is 23.4 Å². The molecular formula is C19H21ClN2O3S2. The number of rotatable bonds is 3. The predicted octanol–water partition coefficient (Wildman–Crippen LogP) is 2.95. The van der Waals surface area contributed by atoms with Crippen LogP contribution in [-0.4, -0.2) is 44.0 Å². The fourth-order valence-corrected chi connectivity index (χ4v) is 4.27. The van der Waals surface area contributed by atoms with E-state index in [4.69, 9.17) is 22.0 Å². The smallest absolute Gasteiger partial charge is 0.127 e. The van der Waals surface area contributed by atoms with E-state index in [1.165, 1.54) is 0 Å². The molecule has 1 fully saturated rings. The van der Waals surface area contributed by atoms with Crippen LogP contribution in [0.3, 0.4) is 0 Å². The molecule has 5 nitrogen and oxygen atoms in total. The number of benzene rings is 2. The van der Waals surface area contributed by atoms with Gasteiger partial charge in [0.15, 0.2) is 0 Å². The van der Waals surface area contributed by atoms with Crippen LogP contribution in [-0.2, 0) is 11.0 Å². The summed E-state index contributed by atoms with van der Waals surface area (Å²) in [6.07, 6.45) is 0.407. The molecule has 2 unspecified atom stereocenters. The van der Waals surface area contributed by atoms with Crippen molar-refractivity contribution in [2.24, 2.45) is 0 Å². The Labute approximate surface area is 172 Å². The number of thiol groups is 1. The molecule has 0 radical (unpaired) electrons. The molecule has 0 bridgehead atoms. The van der Waals surface area contributed by atoms with Crippen molar-refractivity contribution in [1.82, 2.24) is 4.31 Å². The first-order chi connectivity index (χ1) is 12.8. The van der Waals surface area contributed by atoms with Crippen molar-refractivity contribution in [3.8, 4) is 6.07 Å². The summed E-state index contributed by atoms with van der Waals surface area (Å²) in [5.41, 5.74) is 0.166. The number of β-amino-alcohol motifs (C(OH)–C–C–N with tert-alkyl or cyclic N) is 1. The third-order valence-electron chi connectivity index (χ3n) is 4.14. The minimum Gasteiger partial charge on any atom is -0.393 e. The first kappa shape index (κ1) is 21.9. The van der Waals surface area contributed by atoms with Crippen molar-refractivity contribution < 1.29 is 14.4 Å². The highest BCUT2D eigenvalue weighted by atomic mass is 35.5. The third kappa shape index (κ3) is 6.04. The molecule has 0 aromatic heterocycles. The molecule has 0 spiro atoms. The summed E-state index contributed by atoms with van der Waals surface area (Å²) in [5, 5.41) is 28.6. The van der Waals surface area contributed by atoms with Crippen molar-refractivity contribution in [2.75, 3.05) is 19.7 Å². The van der Waals surface area contributed by atoms with Crippen LogP contribution in [0.5, 0.6) is 0 Å². The zero-order chi connectivity index (χ0) is 20.0. The van der Waals surface area contributed by atoms with Gasteiger partial charge < -0.3 is 10.2 Å². The Hall–Kier alpha value is -1.40. The Balaban J connectivity index is 0.000000273. The quantitative estimate of drug-likeness (QED) is 0.661. The van der Waals surface area contributed by atoms with E-state index in [9.17, 15) is 9.32 Å². The summed E-state index contributed by atoms with van der Waals surface area (Å²) >= 11 is 9.65. The van der Waals surface area contributed by atoms with E-state index in [2.05, 4.69) is 12.6 Å². The number of aryl methyl sites for hydroxylation is 1. The number of nitrogens with zero attached hydrogens (tertiary/aromatic N) is 2. The van der Waals surface area contributed by atoms with E-state index in [-0.39, 0.29) is 13.2 Å². The van der Waals surface area contributed by atoms with Crippen LogP contribution in [0.1, 0.15) is 17.5 Å². The minimum atomic E-state index is -1.38. The summed E-state index contributed by atoms with van der Waals surface area (Å²) in [4.78, 5) is 1.58. The van der Waals surface area contributed by atoms with Gasteiger partial charge in [-0.3, -0.25) is 0 Å². The van der Waals surface area contributed by atoms with Crippen molar-refractivity contribution in [1.29, 1.82) is 5.26 Å². The van der Waals surface area contributed by atoms with Gasteiger partial charge >= 0.3 is 0 Å². The molecule has 2 N–H and O–H groups in total. The molecule has 27 heavy (non-hydrogen) atoms. The van der Waals surface area contributed by atoms with Crippen LogP contribution in [0.4, 0.5) is 0 Å². The molecule has 0 aliphatic carbocycles. The largest absolute Gasteiger partial charge is 0.393 e. The Kier molecular flexibility index (Phi) is 7.86. The first-order valence-corrected chi connectivity index (χ1v) is 10.2. The maximum atomic E-state index is 12.4. The molecule has 1 aliphatic rings. The van der Waals surface area contributed by atoms with Crippen LogP contribution < -0.4 is 0 Å². The maximum Gasteiger partial charge on any atom is 0.127 e. The zero-order valence-electron chi connectivity index (χ0n) is 14.8. The van der Waals surface area contributed by atoms with Crippen molar-refractivity contribution in [3.05, 3.63) is 58.6 Å². The molecule has 1 saturated heterocycles. The highest BCUT2D eigenvalue weighted by Crippen LogP contribution is 2.26. The van der Waals surface area contributed by atoms with Gasteiger partial charge in [-0.05, 0) is 61.4 Å². The summed E-state index contributed by atoms with van der Waals surface area (Å²) in [6.45, 7) is 2.15. The Morgan fingerprint density at radius 1 is 1.33 bits per heavy atom. The van der Waals surface area contributed by atoms with Crippen LogP contribution in [0.25, 0.3) is 0 Å². The molecule has 144 valence electrons. The van der Waals surface area contributed by atoms with Crippen LogP contribution in [0.15, 0.2) is 52.3 Å². The lowest BCUT2D eigenvalue weighted by atomic mass is 10.1. The molecule has 3 rings (SSSR count). The SMILES string of the molecule is Cc1cc(C#N)ccc1S(=O)N1CCC(O)(CO)C1.Sc1ccc(Cl)cc1. The van der Waals surface area contributed by atoms with Gasteiger partial charge in [0.2, 0.25) is 0 Å². The van der Waals surface area contributed by atoms with Crippen LogP contribution >= 0.6 is 24.2 Å². The predicted molar refractivity (Wildman–Crippen MR) is 109 cm³/mol. The molecule has 2 aromatic carbocycles. The van der Waals surface area contributed by atoms with Gasteiger partial charge in [0.1, 0.15) is 16.6 Å². The van der Waals surface area contributed by atoms with Crippen LogP contribution in [0.2, 0.25) is 5.02 Å². The fourth-order valence-electron chi connectivity index (χ4n) is 2.58. The topological polar surface area (TPSA) is 84.6 Å². The van der Waals surface area contributed by atoms with E-state index in [0.717, 1.165) is 15.5 Å². The van der Waals surface area contributed by atoms with Gasteiger partial charge in [-0.1, -0.05) is 11.6 Å². The Morgan fingerprint density at radius 2 is 2.00 bits per heavy atom. The second kappa shape index (κ2) is 9.69. The number of hydrogen-bond donors (Lipinski definition) is 3. The van der Waals surface area contributed by atoms with E-state index in [1.807, 2.05) is 37.3 Å². The molecule has 2 aromatic rings. The maximum absolute atomic E-state index is 12.4. The van der Waals surface area contributed by atoms with Gasteiger partial charge in [0.25, 0.3) is 0 Å². The number of nitriles is 1. The molecule has 1 aliphatic heterocycles. The van der Waals surface area contributed by atoms with Crippen LogP contribution in [0, 0.1) is 18.3 Å². The summed E-state index contributed by atoms with van der Waals surface area (Å²) in [6, 6.07) is 14.4. The van der Waals surface area contributed by atoms with Gasteiger partial charge in [-0.25, -0.2) is 8.51 Å². The second-order valence-corrected chi connectivity index (χ2v) is 8.72. The normalized spacial score (nSPS) is 20.4. The molecule has 0 amide bonds. The van der Waals surface area contributed by atoms with Crippen molar-refractivity contribution in [2.45, 2.75) is 28.7 Å². The molecule has 2 atom stereocenters. The lowest BCUT2D eigenvalue weighted by Crippen LogP contribution is -2.37. The number of aliphatic hydroxyl groups excluding tert-OH is 1. The van der Waals surface area contributed by atoms with E-state index < -0.39 is 16.6 Å². The molecule has 1 heterocycles. The van der Waals surface area contributed by atoms with Gasteiger partial charge in [-0.15, -0.1) is 12.6 Å². The number of aliphatic hydroxyl groups is 2. The third-order valence-corrected chi connectivity index (χ3v) is 6.31. The summed E-state index contributed by atoms with van der Waals surface area (Å²) < 4.78 is 14.1. The monoisotopic (exact) mass is 424 g/mol. The second-order valence-electron chi connectivity index (χ2n) is 6.31. The average molecular weight is 425 g/mol. The van der Waals surface area contributed by atoms with E-state index in [1.54, 1.807) is 22.5 Å². The standard InChI is InChI=1S/C13H16N2O3S.C6H5ClS/c1-10-6-11(7-14)2-3-12(10)19(18)15-5-4-13(17,8-15)9-16;7-5-1-3-6(8)4-2-5/h2-3,6,16-17H,4-5,8-9H2,1H3;1-4,8H. The van der Waals surface area contributed by atoms with Crippen molar-refractivity contribution in [3.63, 3.8) is 0 Å². The summed E-state index contributed by atoms with van der Waals surface area (Å²) in [5.74, 6) is 0. The lowest BCUT2D eigenvalue weighted by molar-refractivity contribution is -0.000504. The van der Waals surface area contributed by atoms with Gasteiger partial charge in [0.05, 0.1) is 23.1 Å². The zero-order valence-corrected chi connectivity index (χ0v) is 17.3. The molecular weight excluding hydrogens is 404 g/mol. The van der Waals surface area contributed by atoms with E-state index >= 15 is 0 Å². The minimum absolute atomic E-state index is 0.190. The molecule has 0 saturated carbocycles. The van der Waals surface area contributed by atoms with Gasteiger partial charge in [0, 0.05) is 23.0 Å². The first-order valence-electron chi connectivity index (χ1n) is 8.23. The number of hydrogen-bond acceptors (Lipinski definition) is 5. The molecule has 8 heteroatoms. The lowest BCUT2D eigenvalue weighted by Gasteiger charge is -2.20. The van der Waals surface area contributed by atoms with Crippen molar-refractivity contribution >= 4 is 35.2 Å². The fraction of sp³-hybridized carbons (Fsp3) is 0.316. The Bertz CT molecular complexity index is 834. The highest BCUT2D eigenvalue weighted by Gasteiger charge is 2.38. The summed E-state index contributed by atoms with van der Waals surface area (Å²) in [7, 11) is -1.38. The van der Waals surface area contributed by atoms with Gasteiger partial charge in [-0.2, -0.15) is 5.26 Å².